The maximum Gasteiger partial charge on any atom is 0.303 e. The van der Waals surface area contributed by atoms with Crippen molar-refractivity contribution in [3.63, 3.8) is 0 Å². The molecule has 0 unspecified atom stereocenters. The molecule has 144 valence electrons. The number of anilines is 1. The van der Waals surface area contributed by atoms with Gasteiger partial charge in [0.05, 0.1) is 13.2 Å². The number of carbonyl (C=O) groups excluding carboxylic acids is 1. The van der Waals surface area contributed by atoms with Gasteiger partial charge in [0.25, 0.3) is 5.91 Å². The van der Waals surface area contributed by atoms with Crippen LogP contribution in [0.4, 0.5) is 5.69 Å². The number of benzene rings is 2. The third-order valence-corrected chi connectivity index (χ3v) is 3.81. The largest absolute Gasteiger partial charge is 0.490 e. The fourth-order valence-electron chi connectivity index (χ4n) is 2.46. The van der Waals surface area contributed by atoms with Crippen molar-refractivity contribution in [3.8, 4) is 11.5 Å². The lowest BCUT2D eigenvalue weighted by Gasteiger charge is -2.13. The van der Waals surface area contributed by atoms with E-state index in [0.29, 0.717) is 42.4 Å². The van der Waals surface area contributed by atoms with Crippen molar-refractivity contribution in [2.75, 3.05) is 18.5 Å². The lowest BCUT2D eigenvalue weighted by atomic mass is 10.1. The minimum absolute atomic E-state index is 0.0817. The molecule has 0 aromatic heterocycles. The van der Waals surface area contributed by atoms with Gasteiger partial charge in [-0.05, 0) is 55.7 Å². The van der Waals surface area contributed by atoms with Gasteiger partial charge in [-0.3, -0.25) is 9.59 Å². The van der Waals surface area contributed by atoms with Crippen LogP contribution < -0.4 is 14.8 Å². The third kappa shape index (κ3) is 6.33. The van der Waals surface area contributed by atoms with Crippen molar-refractivity contribution in [1.29, 1.82) is 0 Å². The molecule has 0 aliphatic carbocycles. The van der Waals surface area contributed by atoms with Gasteiger partial charge in [-0.1, -0.05) is 19.1 Å². The second-order valence-corrected chi connectivity index (χ2v) is 5.99. The number of amides is 1. The van der Waals surface area contributed by atoms with Crippen LogP contribution in [0.25, 0.3) is 0 Å². The highest BCUT2D eigenvalue weighted by Crippen LogP contribution is 2.29. The molecule has 0 spiro atoms. The zero-order chi connectivity index (χ0) is 19.6. The Bertz CT molecular complexity index is 771. The fourth-order valence-corrected chi connectivity index (χ4v) is 2.46. The smallest absolute Gasteiger partial charge is 0.303 e. The van der Waals surface area contributed by atoms with E-state index >= 15 is 0 Å². The molecule has 0 bridgehead atoms. The van der Waals surface area contributed by atoms with Crippen molar-refractivity contribution < 1.29 is 24.2 Å². The fraction of sp³-hybridized carbons (Fsp3) is 0.333. The molecule has 0 aliphatic heterocycles. The van der Waals surface area contributed by atoms with E-state index in [1.54, 1.807) is 30.3 Å². The summed E-state index contributed by atoms with van der Waals surface area (Å²) in [5, 5.41) is 11.6. The summed E-state index contributed by atoms with van der Waals surface area (Å²) >= 11 is 0. The van der Waals surface area contributed by atoms with E-state index < -0.39 is 5.97 Å². The molecule has 0 radical (unpaired) electrons. The minimum atomic E-state index is -0.830. The number of rotatable bonds is 10. The maximum absolute atomic E-state index is 12.5. The summed E-state index contributed by atoms with van der Waals surface area (Å²) in [5.41, 5.74) is 2.02. The summed E-state index contributed by atoms with van der Waals surface area (Å²) in [7, 11) is 0. The summed E-state index contributed by atoms with van der Waals surface area (Å²) in [4.78, 5) is 23.1. The molecule has 1 amide bonds. The molecule has 0 heterocycles. The van der Waals surface area contributed by atoms with Crippen molar-refractivity contribution in [2.45, 2.75) is 33.1 Å². The number of ether oxygens (including phenoxy) is 2. The molecule has 0 saturated carbocycles. The maximum atomic E-state index is 12.5. The van der Waals surface area contributed by atoms with Crippen molar-refractivity contribution >= 4 is 17.6 Å². The monoisotopic (exact) mass is 371 g/mol. The van der Waals surface area contributed by atoms with E-state index in [0.717, 1.165) is 12.0 Å². The number of carbonyl (C=O) groups is 2. The van der Waals surface area contributed by atoms with E-state index in [2.05, 4.69) is 5.32 Å². The van der Waals surface area contributed by atoms with Crippen LogP contribution in [0.2, 0.25) is 0 Å². The van der Waals surface area contributed by atoms with Gasteiger partial charge < -0.3 is 19.9 Å². The zero-order valence-corrected chi connectivity index (χ0v) is 15.7. The van der Waals surface area contributed by atoms with Crippen LogP contribution in [0.5, 0.6) is 11.5 Å². The van der Waals surface area contributed by atoms with Crippen LogP contribution in [0.3, 0.4) is 0 Å². The standard InChI is InChI=1S/C21H25NO5/c1-3-13-27-18-11-8-16(14-19(18)26-4-2)21(25)22-17-9-5-15(6-10-17)7-12-20(23)24/h5-6,8-11,14H,3-4,7,12-13H2,1-2H3,(H,22,25)(H,23,24). The van der Waals surface area contributed by atoms with Crippen LogP contribution in [0.1, 0.15) is 42.6 Å². The SMILES string of the molecule is CCCOc1ccc(C(=O)Nc2ccc(CCC(=O)O)cc2)cc1OCC. The van der Waals surface area contributed by atoms with Crippen molar-refractivity contribution in [1.82, 2.24) is 0 Å². The van der Waals surface area contributed by atoms with Crippen molar-refractivity contribution in [2.24, 2.45) is 0 Å². The molecule has 0 fully saturated rings. The van der Waals surface area contributed by atoms with E-state index in [1.807, 2.05) is 26.0 Å². The van der Waals surface area contributed by atoms with Gasteiger partial charge >= 0.3 is 5.97 Å². The molecule has 0 saturated heterocycles. The number of carboxylic acids is 1. The normalized spacial score (nSPS) is 10.3. The first-order valence-corrected chi connectivity index (χ1v) is 9.05. The van der Waals surface area contributed by atoms with E-state index in [1.165, 1.54) is 0 Å². The molecule has 2 aromatic carbocycles. The summed E-state index contributed by atoms with van der Waals surface area (Å²) in [5.74, 6) is 0.0841. The third-order valence-electron chi connectivity index (χ3n) is 3.81. The first-order valence-electron chi connectivity index (χ1n) is 9.05. The number of nitrogens with one attached hydrogen (secondary N) is 1. The van der Waals surface area contributed by atoms with Crippen LogP contribution >= 0.6 is 0 Å². The Hall–Kier alpha value is -3.02. The highest BCUT2D eigenvalue weighted by Gasteiger charge is 2.12. The van der Waals surface area contributed by atoms with Gasteiger partial charge in [0, 0.05) is 17.7 Å². The van der Waals surface area contributed by atoms with Gasteiger partial charge in [-0.25, -0.2) is 0 Å². The number of carboxylic acid groups (broad SMARTS) is 1. The molecule has 6 nitrogen and oxygen atoms in total. The van der Waals surface area contributed by atoms with Crippen LogP contribution in [0.15, 0.2) is 42.5 Å². The number of aliphatic carboxylic acids is 1. The predicted octanol–water partition coefficient (Wildman–Crippen LogP) is 4.14. The summed E-state index contributed by atoms with van der Waals surface area (Å²) in [6, 6.07) is 12.3. The number of hydrogen-bond acceptors (Lipinski definition) is 4. The lowest BCUT2D eigenvalue weighted by molar-refractivity contribution is -0.136. The molecule has 2 rings (SSSR count). The number of hydrogen-bond donors (Lipinski definition) is 2. The second-order valence-electron chi connectivity index (χ2n) is 5.99. The van der Waals surface area contributed by atoms with Gasteiger partial charge in [0.2, 0.25) is 0 Å². The highest BCUT2D eigenvalue weighted by atomic mass is 16.5. The van der Waals surface area contributed by atoms with E-state index in [4.69, 9.17) is 14.6 Å². The summed E-state index contributed by atoms with van der Waals surface area (Å²) < 4.78 is 11.2. The van der Waals surface area contributed by atoms with E-state index in [-0.39, 0.29) is 12.3 Å². The summed E-state index contributed by atoms with van der Waals surface area (Å²) in [6.07, 6.45) is 1.43. The average molecular weight is 371 g/mol. The Labute approximate surface area is 159 Å². The first kappa shape index (κ1) is 20.3. The molecular weight excluding hydrogens is 346 g/mol. The topological polar surface area (TPSA) is 84.9 Å². The Morgan fingerprint density at radius 1 is 1.00 bits per heavy atom. The predicted molar refractivity (Wildman–Crippen MR) is 104 cm³/mol. The Balaban J connectivity index is 2.06. The van der Waals surface area contributed by atoms with Gasteiger partial charge in [0.15, 0.2) is 11.5 Å². The van der Waals surface area contributed by atoms with Gasteiger partial charge in [-0.2, -0.15) is 0 Å². The molecule has 2 aromatic rings. The van der Waals surface area contributed by atoms with Gasteiger partial charge in [-0.15, -0.1) is 0 Å². The molecular formula is C21H25NO5. The Morgan fingerprint density at radius 3 is 2.37 bits per heavy atom. The van der Waals surface area contributed by atoms with Crippen LogP contribution in [0, 0.1) is 0 Å². The van der Waals surface area contributed by atoms with Crippen LogP contribution in [-0.4, -0.2) is 30.2 Å². The number of aryl methyl sites for hydroxylation is 1. The minimum Gasteiger partial charge on any atom is -0.490 e. The van der Waals surface area contributed by atoms with Gasteiger partial charge in [0.1, 0.15) is 0 Å². The van der Waals surface area contributed by atoms with Crippen molar-refractivity contribution in [3.05, 3.63) is 53.6 Å². The molecule has 6 heteroatoms. The first-order chi connectivity index (χ1) is 13.0. The molecule has 27 heavy (non-hydrogen) atoms. The quantitative estimate of drug-likeness (QED) is 0.655. The Morgan fingerprint density at radius 2 is 1.74 bits per heavy atom. The zero-order valence-electron chi connectivity index (χ0n) is 15.7. The van der Waals surface area contributed by atoms with E-state index in [9.17, 15) is 9.59 Å². The highest BCUT2D eigenvalue weighted by molar-refractivity contribution is 6.04. The average Bonchev–Trinajstić information content (AvgIpc) is 2.66. The summed E-state index contributed by atoms with van der Waals surface area (Å²) in [6.45, 7) is 4.96. The molecule has 0 atom stereocenters. The van der Waals surface area contributed by atoms with Crippen LogP contribution in [-0.2, 0) is 11.2 Å². The molecule has 0 aliphatic rings. The molecule has 2 N–H and O–H groups in total. The Kier molecular flexibility index (Phi) is 7.67. The lowest BCUT2D eigenvalue weighted by Crippen LogP contribution is -2.12. The second kappa shape index (κ2) is 10.2.